The largest absolute Gasteiger partial charge is 0.464 e. The lowest BCUT2D eigenvalue weighted by Gasteiger charge is -2.33. The molecule has 0 fully saturated rings. The Bertz CT molecular complexity index is 595. The Balaban J connectivity index is 2.13. The summed E-state index contributed by atoms with van der Waals surface area (Å²) in [6.07, 6.45) is -3.36. The maximum absolute atomic E-state index is 13.9. The zero-order valence-electron chi connectivity index (χ0n) is 14.3. The van der Waals surface area contributed by atoms with Crippen LogP contribution in [-0.2, 0) is 30.3 Å². The number of halogens is 3. The van der Waals surface area contributed by atoms with Gasteiger partial charge in [0.05, 0.1) is 13.2 Å². The van der Waals surface area contributed by atoms with Gasteiger partial charge in [-0.05, 0) is 25.3 Å². The molecule has 0 saturated carbocycles. The van der Waals surface area contributed by atoms with E-state index in [4.69, 9.17) is 14.2 Å². The molecule has 0 saturated heterocycles. The molecule has 0 bridgehead atoms. The summed E-state index contributed by atoms with van der Waals surface area (Å²) in [5.41, 5.74) is -2.51. The number of carbonyl (C=O) groups is 1. The van der Waals surface area contributed by atoms with Crippen molar-refractivity contribution >= 4 is 5.97 Å². The number of carbonyl (C=O) groups excluding carboxylic acids is 1. The van der Waals surface area contributed by atoms with E-state index >= 15 is 0 Å². The Morgan fingerprint density at radius 2 is 1.81 bits per heavy atom. The van der Waals surface area contributed by atoms with E-state index in [-0.39, 0.29) is 26.1 Å². The smallest absolute Gasteiger partial charge is 0.428 e. The van der Waals surface area contributed by atoms with Crippen LogP contribution in [0.1, 0.15) is 31.7 Å². The number of hydrogen-bond donors (Lipinski definition) is 0. The van der Waals surface area contributed by atoms with Crippen LogP contribution < -0.4 is 0 Å². The van der Waals surface area contributed by atoms with E-state index in [0.717, 1.165) is 0 Å². The normalized spacial score (nSPS) is 16.6. The van der Waals surface area contributed by atoms with Crippen LogP contribution in [0.2, 0.25) is 0 Å². The molecule has 1 aliphatic rings. The summed E-state index contributed by atoms with van der Waals surface area (Å²) in [5, 5.41) is 0. The Hall–Kier alpha value is -2.22. The molecule has 0 aromatic heterocycles. The Labute approximate surface area is 149 Å². The van der Waals surface area contributed by atoms with Gasteiger partial charge in [0.15, 0.2) is 0 Å². The highest BCUT2D eigenvalue weighted by molar-refractivity contribution is 5.80. The topological polar surface area (TPSA) is 54.0 Å². The van der Waals surface area contributed by atoms with E-state index in [1.807, 2.05) is 0 Å². The van der Waals surface area contributed by atoms with Gasteiger partial charge in [-0.15, -0.1) is 0 Å². The molecule has 0 amide bonds. The maximum Gasteiger partial charge on any atom is 0.428 e. The Kier molecular flexibility index (Phi) is 6.90. The molecule has 8 heteroatoms. The first-order valence-electron chi connectivity index (χ1n) is 8.27. The fourth-order valence-corrected chi connectivity index (χ4v) is 2.53. The fraction of sp³-hybridized carbons (Fsp3) is 0.500. The van der Waals surface area contributed by atoms with Gasteiger partial charge in [0.2, 0.25) is 6.29 Å². The summed E-state index contributed by atoms with van der Waals surface area (Å²) in [6, 6.07) is 8.35. The van der Waals surface area contributed by atoms with Gasteiger partial charge in [-0.3, -0.25) is 0 Å². The zero-order valence-corrected chi connectivity index (χ0v) is 14.3. The summed E-state index contributed by atoms with van der Waals surface area (Å²) < 4.78 is 61.5. The van der Waals surface area contributed by atoms with Gasteiger partial charge in [-0.2, -0.15) is 13.2 Å². The second-order valence-corrected chi connectivity index (χ2v) is 5.69. The van der Waals surface area contributed by atoms with Crippen molar-refractivity contribution in [3.8, 4) is 0 Å². The molecule has 2 rings (SSSR count). The van der Waals surface area contributed by atoms with Crippen LogP contribution in [0.15, 0.2) is 42.9 Å². The van der Waals surface area contributed by atoms with Crippen molar-refractivity contribution in [2.24, 2.45) is 0 Å². The van der Waals surface area contributed by atoms with Crippen molar-refractivity contribution in [3.05, 3.63) is 48.4 Å². The molecular weight excluding hydrogens is 353 g/mol. The van der Waals surface area contributed by atoms with Gasteiger partial charge in [0, 0.05) is 6.42 Å². The molecular formula is C18H21F3O5. The average Bonchev–Trinajstić information content (AvgIpc) is 3.11. The van der Waals surface area contributed by atoms with Crippen LogP contribution in [0, 0.1) is 0 Å². The maximum atomic E-state index is 13.9. The van der Waals surface area contributed by atoms with Crippen molar-refractivity contribution in [3.63, 3.8) is 0 Å². The molecule has 1 aromatic carbocycles. The van der Waals surface area contributed by atoms with Crippen LogP contribution in [0.5, 0.6) is 0 Å². The highest BCUT2D eigenvalue weighted by Gasteiger charge is 2.62. The van der Waals surface area contributed by atoms with Gasteiger partial charge >= 0.3 is 12.1 Å². The fourth-order valence-electron chi connectivity index (χ4n) is 2.53. The molecule has 1 unspecified atom stereocenters. The Morgan fingerprint density at radius 3 is 2.38 bits per heavy atom. The molecule has 1 atom stereocenters. The quantitative estimate of drug-likeness (QED) is 0.610. The number of rotatable bonds is 9. The highest BCUT2D eigenvalue weighted by atomic mass is 19.4. The average molecular weight is 374 g/mol. The van der Waals surface area contributed by atoms with Gasteiger partial charge in [-0.1, -0.05) is 30.3 Å². The SMILES string of the molecule is CCOC(=O)C(CCCC1OC=CO1)(OCc1ccccc1)C(F)(F)F. The molecule has 0 aliphatic carbocycles. The van der Waals surface area contributed by atoms with E-state index in [1.54, 1.807) is 30.3 Å². The molecule has 5 nitrogen and oxygen atoms in total. The molecule has 26 heavy (non-hydrogen) atoms. The van der Waals surface area contributed by atoms with E-state index in [2.05, 4.69) is 4.74 Å². The van der Waals surface area contributed by atoms with E-state index in [9.17, 15) is 18.0 Å². The van der Waals surface area contributed by atoms with E-state index in [1.165, 1.54) is 19.4 Å². The third kappa shape index (κ3) is 4.91. The monoisotopic (exact) mass is 374 g/mol. The van der Waals surface area contributed by atoms with Crippen molar-refractivity contribution < 1.29 is 36.9 Å². The van der Waals surface area contributed by atoms with Gasteiger partial charge in [0.25, 0.3) is 5.60 Å². The minimum Gasteiger partial charge on any atom is -0.464 e. The van der Waals surface area contributed by atoms with Crippen LogP contribution in [0.4, 0.5) is 13.2 Å². The standard InChI is InChI=1S/C18H21F3O5/c1-2-23-16(22)17(18(19,20)21,10-6-9-15-24-11-12-25-15)26-13-14-7-4-3-5-8-14/h3-5,7-8,11-12,15H,2,6,9-10,13H2,1H3. The molecule has 144 valence electrons. The molecule has 0 spiro atoms. The highest BCUT2D eigenvalue weighted by Crippen LogP contribution is 2.40. The van der Waals surface area contributed by atoms with Crippen LogP contribution in [0.25, 0.3) is 0 Å². The summed E-state index contributed by atoms with van der Waals surface area (Å²) in [5.74, 6) is -1.44. The van der Waals surface area contributed by atoms with Gasteiger partial charge in [-0.25, -0.2) is 4.79 Å². The van der Waals surface area contributed by atoms with Crippen molar-refractivity contribution in [2.75, 3.05) is 6.61 Å². The van der Waals surface area contributed by atoms with E-state index < -0.39 is 30.5 Å². The molecule has 1 heterocycles. The molecule has 1 aliphatic heterocycles. The summed E-state index contributed by atoms with van der Waals surface area (Å²) in [7, 11) is 0. The van der Waals surface area contributed by atoms with Crippen LogP contribution in [0.3, 0.4) is 0 Å². The van der Waals surface area contributed by atoms with Crippen LogP contribution in [-0.4, -0.2) is 30.6 Å². The molecule has 0 radical (unpaired) electrons. The van der Waals surface area contributed by atoms with E-state index in [0.29, 0.717) is 5.56 Å². The predicted octanol–water partition coefficient (Wildman–Crippen LogP) is 4.08. The summed E-state index contributed by atoms with van der Waals surface area (Å²) in [6.45, 7) is 0.906. The van der Waals surface area contributed by atoms with Crippen molar-refractivity contribution in [1.29, 1.82) is 0 Å². The van der Waals surface area contributed by atoms with Crippen molar-refractivity contribution in [2.45, 2.75) is 50.9 Å². The summed E-state index contributed by atoms with van der Waals surface area (Å²) >= 11 is 0. The zero-order chi connectivity index (χ0) is 19.0. The molecule has 1 aromatic rings. The van der Waals surface area contributed by atoms with Gasteiger partial charge < -0.3 is 18.9 Å². The first-order chi connectivity index (χ1) is 12.4. The third-order valence-corrected chi connectivity index (χ3v) is 3.88. The van der Waals surface area contributed by atoms with Crippen molar-refractivity contribution in [1.82, 2.24) is 0 Å². The van der Waals surface area contributed by atoms with Gasteiger partial charge in [0.1, 0.15) is 12.5 Å². The third-order valence-electron chi connectivity index (χ3n) is 3.88. The first kappa shape index (κ1) is 20.1. The number of hydrogen-bond acceptors (Lipinski definition) is 5. The number of esters is 1. The lowest BCUT2D eigenvalue weighted by molar-refractivity contribution is -0.283. The Morgan fingerprint density at radius 1 is 1.15 bits per heavy atom. The minimum atomic E-state index is -4.93. The first-order valence-corrected chi connectivity index (χ1v) is 8.27. The second kappa shape index (κ2) is 8.93. The lowest BCUT2D eigenvalue weighted by Crippen LogP contribution is -2.55. The predicted molar refractivity (Wildman–Crippen MR) is 85.6 cm³/mol. The number of ether oxygens (including phenoxy) is 4. The lowest BCUT2D eigenvalue weighted by atomic mass is 9.95. The van der Waals surface area contributed by atoms with Crippen LogP contribution >= 0.6 is 0 Å². The number of alkyl halides is 3. The summed E-state index contributed by atoms with van der Waals surface area (Å²) in [4.78, 5) is 12.2. The second-order valence-electron chi connectivity index (χ2n) is 5.69. The molecule has 0 N–H and O–H groups in total. The number of benzene rings is 1. The minimum absolute atomic E-state index is 0.000535.